The van der Waals surface area contributed by atoms with Crippen LogP contribution in [0.5, 0.6) is 0 Å². The van der Waals surface area contributed by atoms with Gasteiger partial charge in [-0.05, 0) is 69.9 Å². The number of likely N-dealkylation sites (N-methyl/N-ethyl adjacent to an activating group) is 1. The largest absolute Gasteiger partial charge is 0.424 e. The molecule has 0 saturated heterocycles. The van der Waals surface area contributed by atoms with Gasteiger partial charge >= 0.3 is 0 Å². The molecule has 0 amide bonds. The van der Waals surface area contributed by atoms with E-state index < -0.39 is 19.5 Å². The van der Waals surface area contributed by atoms with Gasteiger partial charge in [-0.2, -0.15) is 0 Å². The van der Waals surface area contributed by atoms with E-state index >= 15 is 0 Å². The Morgan fingerprint density at radius 2 is 1.38 bits per heavy atom. The van der Waals surface area contributed by atoms with Crippen LogP contribution in [0.4, 0.5) is 0 Å². The highest BCUT2D eigenvalue weighted by Crippen LogP contribution is 2.43. The third-order valence-electron chi connectivity index (χ3n) is 8.88. The van der Waals surface area contributed by atoms with E-state index in [1.165, 1.54) is 22.3 Å². The van der Waals surface area contributed by atoms with Crippen LogP contribution in [0.3, 0.4) is 0 Å². The summed E-state index contributed by atoms with van der Waals surface area (Å²) in [7, 11) is -1.07. The van der Waals surface area contributed by atoms with Gasteiger partial charge < -0.3 is 14.8 Å². The highest BCUT2D eigenvalue weighted by atomic mass is 28.4. The second-order valence-corrected chi connectivity index (χ2v) is 15.9. The molecular formula is C36H41NO2Si. The van der Waals surface area contributed by atoms with Crippen LogP contribution < -0.4 is 10.4 Å². The third kappa shape index (κ3) is 5.08. The third-order valence-corrected chi connectivity index (χ3v) is 13.4. The van der Waals surface area contributed by atoms with E-state index in [9.17, 15) is 9.90 Å². The van der Waals surface area contributed by atoms with E-state index in [2.05, 4.69) is 106 Å². The molecule has 0 aliphatic carbocycles. The highest BCUT2D eigenvalue weighted by Gasteiger charge is 2.50. The van der Waals surface area contributed by atoms with Crippen molar-refractivity contribution < 1.29 is 9.90 Å². The summed E-state index contributed by atoms with van der Waals surface area (Å²) in [6.45, 7) is 9.38. The van der Waals surface area contributed by atoms with Crippen molar-refractivity contribution in [1.29, 1.82) is 0 Å². The molecule has 0 unspecified atom stereocenters. The first-order chi connectivity index (χ1) is 19.1. The van der Waals surface area contributed by atoms with Crippen molar-refractivity contribution in [3.8, 4) is 0 Å². The van der Waals surface area contributed by atoms with E-state index in [0.717, 1.165) is 33.8 Å². The normalized spacial score (nSPS) is 14.7. The molecule has 0 fully saturated rings. The van der Waals surface area contributed by atoms with Crippen LogP contribution in [0.15, 0.2) is 109 Å². The first kappa shape index (κ1) is 28.1. The van der Waals surface area contributed by atoms with E-state index in [-0.39, 0.29) is 0 Å². The molecule has 0 saturated carbocycles. The lowest BCUT2D eigenvalue weighted by Gasteiger charge is -2.42. The fourth-order valence-corrected chi connectivity index (χ4v) is 10.1. The van der Waals surface area contributed by atoms with Crippen molar-refractivity contribution in [1.82, 2.24) is 4.90 Å². The Morgan fingerprint density at radius 3 is 1.98 bits per heavy atom. The molecule has 4 heteroatoms. The van der Waals surface area contributed by atoms with Crippen molar-refractivity contribution in [2.24, 2.45) is 0 Å². The molecule has 0 bridgehead atoms. The SMILES string of the molecule is Cc1ccc(C2=C([C@H](O)CCC(C)(C)[Si](O)(c3ccccc3)c3ccccc3)N(C)Cc3ccccc32)cc1C. The van der Waals surface area contributed by atoms with Crippen molar-refractivity contribution in [3.05, 3.63) is 137 Å². The molecule has 0 radical (unpaired) electrons. The number of hydrogen-bond acceptors (Lipinski definition) is 3. The number of aliphatic hydroxyl groups is 1. The number of nitrogens with zero attached hydrogens (tertiary/aromatic N) is 1. The molecule has 1 aliphatic heterocycles. The summed E-state index contributed by atoms with van der Waals surface area (Å²) in [4.78, 5) is 14.8. The summed E-state index contributed by atoms with van der Waals surface area (Å²) in [5, 5.41) is 13.5. The first-order valence-electron chi connectivity index (χ1n) is 14.3. The fourth-order valence-electron chi connectivity index (χ4n) is 6.31. The number of rotatable bonds is 8. The molecule has 0 aromatic heterocycles. The topological polar surface area (TPSA) is 43.7 Å². The van der Waals surface area contributed by atoms with E-state index in [1.54, 1.807) is 0 Å². The number of aliphatic hydroxyl groups excluding tert-OH is 1. The molecule has 2 N–H and O–H groups in total. The first-order valence-corrected chi connectivity index (χ1v) is 16.2. The summed E-state index contributed by atoms with van der Waals surface area (Å²) < 4.78 is 0. The predicted octanol–water partition coefficient (Wildman–Crippen LogP) is 6.18. The van der Waals surface area contributed by atoms with Gasteiger partial charge in [-0.3, -0.25) is 0 Å². The van der Waals surface area contributed by atoms with Crippen LogP contribution in [0.2, 0.25) is 5.04 Å². The molecule has 1 aliphatic rings. The molecule has 4 aromatic rings. The Bertz CT molecular complexity index is 1470. The maximum atomic E-state index is 12.6. The molecule has 5 rings (SSSR count). The molecule has 0 spiro atoms. The van der Waals surface area contributed by atoms with Crippen molar-refractivity contribution >= 4 is 24.3 Å². The Morgan fingerprint density at radius 1 is 0.800 bits per heavy atom. The minimum Gasteiger partial charge on any atom is -0.424 e. The summed E-state index contributed by atoms with van der Waals surface area (Å²) >= 11 is 0. The van der Waals surface area contributed by atoms with Crippen molar-refractivity contribution in [3.63, 3.8) is 0 Å². The Kier molecular flexibility index (Phi) is 7.87. The van der Waals surface area contributed by atoms with Gasteiger partial charge in [0.25, 0.3) is 8.32 Å². The van der Waals surface area contributed by atoms with Crippen LogP contribution in [-0.4, -0.2) is 36.3 Å². The van der Waals surface area contributed by atoms with Gasteiger partial charge in [0, 0.05) is 19.2 Å². The zero-order chi connectivity index (χ0) is 28.5. The number of fused-ring (bicyclic) bond motifs is 1. The smallest absolute Gasteiger partial charge is 0.258 e. The molecule has 3 nitrogen and oxygen atoms in total. The average Bonchev–Trinajstić information content (AvgIpc) is 2.97. The quantitative estimate of drug-likeness (QED) is 0.259. The zero-order valence-corrected chi connectivity index (χ0v) is 25.4. The average molecular weight is 548 g/mol. The monoisotopic (exact) mass is 547 g/mol. The van der Waals surface area contributed by atoms with Crippen LogP contribution in [-0.2, 0) is 6.54 Å². The summed E-state index contributed by atoms with van der Waals surface area (Å²) in [6.07, 6.45) is 0.567. The van der Waals surface area contributed by atoms with Crippen molar-refractivity contribution in [2.75, 3.05) is 7.05 Å². The van der Waals surface area contributed by atoms with Gasteiger partial charge in [-0.1, -0.05) is 117 Å². The van der Waals surface area contributed by atoms with E-state index in [0.29, 0.717) is 12.8 Å². The number of benzene rings is 4. The maximum Gasteiger partial charge on any atom is 0.258 e. The summed E-state index contributed by atoms with van der Waals surface area (Å²) in [5.41, 5.74) is 8.17. The highest BCUT2D eigenvalue weighted by molar-refractivity contribution is 6.98. The summed E-state index contributed by atoms with van der Waals surface area (Å²) in [6, 6.07) is 35.4. The van der Waals surface area contributed by atoms with Gasteiger partial charge in [-0.15, -0.1) is 0 Å². The van der Waals surface area contributed by atoms with Gasteiger partial charge in [0.15, 0.2) is 0 Å². The maximum absolute atomic E-state index is 12.6. The second kappa shape index (κ2) is 11.2. The Hall–Kier alpha value is -3.44. The predicted molar refractivity (Wildman–Crippen MR) is 169 cm³/mol. The standard InChI is InChI=1S/C36H41NO2Si/c1-26-20-21-28(24-27(26)2)34-32-19-13-12-14-29(32)25-37(5)35(34)33(38)22-23-36(3,4)40(39,30-15-8-6-9-16-30)31-17-10-7-11-18-31/h6-21,24,33,38-39H,22-23,25H2,1-5H3/t33-/m1/s1. The van der Waals surface area contributed by atoms with Gasteiger partial charge in [0.2, 0.25) is 0 Å². The molecular weight excluding hydrogens is 506 g/mol. The molecule has 40 heavy (non-hydrogen) atoms. The number of aryl methyl sites for hydroxylation is 2. The minimum atomic E-state index is -3.16. The van der Waals surface area contributed by atoms with Crippen LogP contribution >= 0.6 is 0 Å². The van der Waals surface area contributed by atoms with Crippen molar-refractivity contribution in [2.45, 2.75) is 58.2 Å². The summed E-state index contributed by atoms with van der Waals surface area (Å²) in [5.74, 6) is 0. The van der Waals surface area contributed by atoms with Crippen LogP contribution in [0, 0.1) is 13.8 Å². The molecule has 1 atom stereocenters. The van der Waals surface area contributed by atoms with Crippen LogP contribution in [0.1, 0.15) is 54.5 Å². The van der Waals surface area contributed by atoms with Gasteiger partial charge in [-0.25, -0.2) is 0 Å². The molecule has 206 valence electrons. The van der Waals surface area contributed by atoms with E-state index in [1.807, 2.05) is 36.4 Å². The fraction of sp³-hybridized carbons (Fsp3) is 0.278. The molecule has 1 heterocycles. The lowest BCUT2D eigenvalue weighted by molar-refractivity contribution is 0.153. The van der Waals surface area contributed by atoms with Gasteiger partial charge in [0.05, 0.1) is 11.8 Å². The minimum absolute atomic E-state index is 0.428. The molecule has 4 aromatic carbocycles. The Balaban J connectivity index is 1.54. The lowest BCUT2D eigenvalue weighted by atomic mass is 9.85. The second-order valence-electron chi connectivity index (χ2n) is 12.0. The van der Waals surface area contributed by atoms with Crippen LogP contribution in [0.25, 0.3) is 5.57 Å². The van der Waals surface area contributed by atoms with Gasteiger partial charge in [0.1, 0.15) is 0 Å². The Labute approximate surface area is 240 Å². The zero-order valence-electron chi connectivity index (χ0n) is 24.4. The van der Waals surface area contributed by atoms with E-state index in [4.69, 9.17) is 0 Å². The lowest BCUT2D eigenvalue weighted by Crippen LogP contribution is -2.65. The number of hydrogen-bond donors (Lipinski definition) is 2.